The molecule has 0 aliphatic heterocycles. The largest absolute Gasteiger partial charge is 0.458 e. The van der Waals surface area contributed by atoms with Crippen LogP contribution in [0.15, 0.2) is 23.3 Å². The molecule has 0 heterocycles. The molecular formula is C28H40O8. The number of Topliss-reactive ketones (excluding diaryl/α,β-unsaturated/α-hetero) is 1. The van der Waals surface area contributed by atoms with Gasteiger partial charge in [0.1, 0.15) is 11.7 Å². The van der Waals surface area contributed by atoms with Crippen LogP contribution >= 0.6 is 0 Å². The van der Waals surface area contributed by atoms with Gasteiger partial charge in [0.05, 0.1) is 12.2 Å². The number of aliphatic hydroxyl groups excluding tert-OH is 1. The second-order valence-electron chi connectivity index (χ2n) is 11.8. The van der Waals surface area contributed by atoms with E-state index in [1.807, 2.05) is 27.7 Å². The maximum atomic E-state index is 13.2. The zero-order valence-corrected chi connectivity index (χ0v) is 22.2. The fraction of sp³-hybridized carbons (Fsp3) is 0.750. The summed E-state index contributed by atoms with van der Waals surface area (Å²) in [7, 11) is 0. The topological polar surface area (TPSA) is 130 Å². The third-order valence-electron chi connectivity index (χ3n) is 9.41. The van der Waals surface area contributed by atoms with Crippen molar-refractivity contribution in [1.82, 2.24) is 0 Å². The zero-order chi connectivity index (χ0) is 26.8. The first-order valence-electron chi connectivity index (χ1n) is 13.2. The summed E-state index contributed by atoms with van der Waals surface area (Å²) in [4.78, 5) is 38.8. The Labute approximate surface area is 212 Å². The second kappa shape index (κ2) is 8.77. The van der Waals surface area contributed by atoms with E-state index in [-0.39, 0.29) is 25.9 Å². The molecule has 3 N–H and O–H groups in total. The minimum Gasteiger partial charge on any atom is -0.458 e. The minimum absolute atomic E-state index is 0.109. The predicted molar refractivity (Wildman–Crippen MR) is 130 cm³/mol. The molecule has 0 amide bonds. The quantitative estimate of drug-likeness (QED) is 0.356. The van der Waals surface area contributed by atoms with Crippen molar-refractivity contribution in [1.29, 1.82) is 0 Å². The molecule has 8 atom stereocenters. The van der Waals surface area contributed by atoms with Crippen LogP contribution in [0.25, 0.3) is 0 Å². The molecule has 0 aromatic heterocycles. The Hall–Kier alpha value is -2.03. The fourth-order valence-electron chi connectivity index (χ4n) is 7.67. The monoisotopic (exact) mass is 504 g/mol. The van der Waals surface area contributed by atoms with E-state index in [1.54, 1.807) is 26.0 Å². The summed E-state index contributed by atoms with van der Waals surface area (Å²) in [5.74, 6) is -4.22. The van der Waals surface area contributed by atoms with E-state index in [2.05, 4.69) is 0 Å². The molecule has 8 heteroatoms. The van der Waals surface area contributed by atoms with E-state index in [9.17, 15) is 29.7 Å². The first kappa shape index (κ1) is 27.0. The molecule has 2 unspecified atom stereocenters. The van der Waals surface area contributed by atoms with Crippen molar-refractivity contribution in [2.24, 2.45) is 29.1 Å². The van der Waals surface area contributed by atoms with Crippen molar-refractivity contribution in [2.45, 2.75) is 96.6 Å². The number of hydrogen-bond acceptors (Lipinski definition) is 8. The van der Waals surface area contributed by atoms with E-state index >= 15 is 0 Å². The number of fused-ring (bicyclic) bond motifs is 5. The van der Waals surface area contributed by atoms with Gasteiger partial charge in [0, 0.05) is 48.3 Å². The summed E-state index contributed by atoms with van der Waals surface area (Å²) in [6.07, 6.45) is 3.85. The lowest BCUT2D eigenvalue weighted by Gasteiger charge is -2.53. The zero-order valence-electron chi connectivity index (χ0n) is 22.2. The van der Waals surface area contributed by atoms with Gasteiger partial charge in [-0.1, -0.05) is 46.8 Å². The summed E-state index contributed by atoms with van der Waals surface area (Å²) in [5, 5.41) is 34.5. The molecule has 0 aromatic carbocycles. The van der Waals surface area contributed by atoms with Gasteiger partial charge in [0.25, 0.3) is 0 Å². The Balaban J connectivity index is 1.92. The molecule has 200 valence electrons. The molecule has 4 aliphatic carbocycles. The first-order valence-corrected chi connectivity index (χ1v) is 13.2. The van der Waals surface area contributed by atoms with Crippen LogP contribution < -0.4 is 0 Å². The van der Waals surface area contributed by atoms with Crippen LogP contribution in [0.2, 0.25) is 0 Å². The molecule has 0 bridgehead atoms. The summed E-state index contributed by atoms with van der Waals surface area (Å²) < 4.78 is 12.2. The van der Waals surface area contributed by atoms with Gasteiger partial charge >= 0.3 is 11.9 Å². The normalized spacial score (nSPS) is 42.2. The van der Waals surface area contributed by atoms with Gasteiger partial charge in [-0.3, -0.25) is 14.4 Å². The Morgan fingerprint density at radius 1 is 1.08 bits per heavy atom. The molecule has 0 saturated heterocycles. The number of ether oxygens (including phenoxy) is 2. The van der Waals surface area contributed by atoms with Gasteiger partial charge in [0.2, 0.25) is 0 Å². The molecule has 4 aliphatic rings. The SMILES string of the molecule is CCCC(=O)O[C@@H]1[C@@H](C)[C@]2(O)C3C=C(C)C(=O)[C@@]3(O)CC(CO)=C[C@H]2C2C(C)(C)[C@@]21OC(=O)CCC. The predicted octanol–water partition coefficient (Wildman–Crippen LogP) is 2.63. The van der Waals surface area contributed by atoms with Crippen molar-refractivity contribution in [3.63, 3.8) is 0 Å². The number of rotatable bonds is 7. The molecule has 0 radical (unpaired) electrons. The van der Waals surface area contributed by atoms with Crippen molar-refractivity contribution in [3.8, 4) is 0 Å². The molecule has 2 fully saturated rings. The maximum Gasteiger partial charge on any atom is 0.306 e. The van der Waals surface area contributed by atoms with Crippen molar-refractivity contribution in [3.05, 3.63) is 23.3 Å². The number of hydrogen-bond donors (Lipinski definition) is 3. The Bertz CT molecular complexity index is 1030. The maximum absolute atomic E-state index is 13.2. The second-order valence-corrected chi connectivity index (χ2v) is 11.8. The average molecular weight is 505 g/mol. The lowest BCUT2D eigenvalue weighted by atomic mass is 9.59. The molecule has 0 spiro atoms. The highest BCUT2D eigenvalue weighted by molar-refractivity contribution is 6.04. The average Bonchev–Trinajstić information content (AvgIpc) is 3.23. The van der Waals surface area contributed by atoms with E-state index in [1.165, 1.54) is 0 Å². The molecule has 0 aromatic rings. The van der Waals surface area contributed by atoms with E-state index in [4.69, 9.17) is 9.47 Å². The van der Waals surface area contributed by atoms with Gasteiger partial charge in [-0.2, -0.15) is 0 Å². The van der Waals surface area contributed by atoms with Crippen LogP contribution in [0.4, 0.5) is 0 Å². The Kier molecular flexibility index (Phi) is 6.59. The lowest BCUT2D eigenvalue weighted by molar-refractivity contribution is -0.229. The van der Waals surface area contributed by atoms with Crippen molar-refractivity contribution >= 4 is 17.7 Å². The summed E-state index contributed by atoms with van der Waals surface area (Å²) >= 11 is 0. The highest BCUT2D eigenvalue weighted by atomic mass is 16.6. The Morgan fingerprint density at radius 2 is 1.69 bits per heavy atom. The number of carbonyl (C=O) groups excluding carboxylic acids is 3. The summed E-state index contributed by atoms with van der Waals surface area (Å²) in [5.41, 5.74) is -4.69. The smallest absolute Gasteiger partial charge is 0.306 e. The Morgan fingerprint density at radius 3 is 2.28 bits per heavy atom. The van der Waals surface area contributed by atoms with Gasteiger partial charge in [-0.15, -0.1) is 0 Å². The fourth-order valence-corrected chi connectivity index (χ4v) is 7.67. The van der Waals surface area contributed by atoms with Crippen LogP contribution in [0.3, 0.4) is 0 Å². The molecule has 8 nitrogen and oxygen atoms in total. The third kappa shape index (κ3) is 3.40. The lowest BCUT2D eigenvalue weighted by Crippen LogP contribution is -2.66. The number of aliphatic hydroxyl groups is 3. The van der Waals surface area contributed by atoms with E-state index in [0.29, 0.717) is 24.0 Å². The molecule has 36 heavy (non-hydrogen) atoms. The highest BCUT2D eigenvalue weighted by Gasteiger charge is 2.87. The van der Waals surface area contributed by atoms with Crippen LogP contribution in [0, 0.1) is 29.1 Å². The van der Waals surface area contributed by atoms with Crippen LogP contribution in [-0.2, 0) is 23.9 Å². The van der Waals surface area contributed by atoms with E-state index in [0.717, 1.165) is 0 Å². The van der Waals surface area contributed by atoms with Crippen LogP contribution in [0.5, 0.6) is 0 Å². The minimum atomic E-state index is -1.92. The number of ketones is 1. The standard InChI is InChI=1S/C28H40O8/c1-7-9-20(30)35-24-16(4)27(34)18(22-25(5,6)28(22,24)36-21(31)10-8-2)12-17(14-29)13-26(33)19(27)11-15(3)23(26)32/h11-12,16,18-19,22,24,29,33-34H,7-10,13-14H2,1-6H3/t16-,18+,19?,22?,24-,26-,27-,28-/m1/s1. The summed E-state index contributed by atoms with van der Waals surface area (Å²) in [6, 6.07) is 0. The number of esters is 2. The molecule has 2 saturated carbocycles. The van der Waals surface area contributed by atoms with Gasteiger partial charge in [-0.05, 0) is 30.9 Å². The van der Waals surface area contributed by atoms with Crippen molar-refractivity contribution < 1.29 is 39.2 Å². The number of carbonyl (C=O) groups is 3. The summed E-state index contributed by atoms with van der Waals surface area (Å²) in [6.45, 7) is 10.6. The first-order chi connectivity index (χ1) is 16.8. The third-order valence-corrected chi connectivity index (χ3v) is 9.41. The van der Waals surface area contributed by atoms with Crippen molar-refractivity contribution in [2.75, 3.05) is 6.61 Å². The van der Waals surface area contributed by atoms with E-state index < -0.39 is 69.7 Å². The van der Waals surface area contributed by atoms with Gasteiger partial charge in [0.15, 0.2) is 11.4 Å². The van der Waals surface area contributed by atoms with Gasteiger partial charge in [-0.25, -0.2) is 0 Å². The molecular weight excluding hydrogens is 464 g/mol. The highest BCUT2D eigenvalue weighted by Crippen LogP contribution is 2.77. The van der Waals surface area contributed by atoms with Gasteiger partial charge < -0.3 is 24.8 Å². The van der Waals surface area contributed by atoms with Crippen LogP contribution in [0.1, 0.15) is 73.6 Å². The molecule has 4 rings (SSSR count). The van der Waals surface area contributed by atoms with Crippen LogP contribution in [-0.4, -0.2) is 62.6 Å².